The number of aliphatic carboxylic acids is 1. The second-order valence-corrected chi connectivity index (χ2v) is 5.78. The highest BCUT2D eigenvalue weighted by atomic mass is 16.5. The molecule has 6 heteroatoms. The van der Waals surface area contributed by atoms with E-state index in [4.69, 9.17) is 9.84 Å². The molecule has 3 N–H and O–H groups in total. The lowest BCUT2D eigenvalue weighted by Crippen LogP contribution is -2.42. The Bertz CT molecular complexity index is 342. The Kier molecular flexibility index (Phi) is 5.64. The molecule has 1 heterocycles. The van der Waals surface area contributed by atoms with Gasteiger partial charge < -0.3 is 20.5 Å². The van der Waals surface area contributed by atoms with Crippen molar-refractivity contribution < 1.29 is 19.4 Å². The van der Waals surface area contributed by atoms with Crippen LogP contribution >= 0.6 is 0 Å². The highest BCUT2D eigenvalue weighted by Crippen LogP contribution is 2.31. The van der Waals surface area contributed by atoms with Crippen LogP contribution in [0.15, 0.2) is 0 Å². The third-order valence-corrected chi connectivity index (χ3v) is 4.39. The first-order valence-electron chi connectivity index (χ1n) is 7.49. The van der Waals surface area contributed by atoms with E-state index in [-0.39, 0.29) is 17.9 Å². The summed E-state index contributed by atoms with van der Waals surface area (Å²) in [6, 6.07) is -0.187. The molecule has 1 aliphatic carbocycles. The summed E-state index contributed by atoms with van der Waals surface area (Å²) < 4.78 is 5.27. The van der Waals surface area contributed by atoms with Crippen LogP contribution in [-0.2, 0) is 9.53 Å². The third-order valence-electron chi connectivity index (χ3n) is 4.39. The number of amides is 2. The normalized spacial score (nSPS) is 27.2. The number of carboxylic acid groups (broad SMARTS) is 1. The molecule has 2 rings (SSSR count). The van der Waals surface area contributed by atoms with Gasteiger partial charge in [0.25, 0.3) is 0 Å². The molecule has 2 unspecified atom stereocenters. The summed E-state index contributed by atoms with van der Waals surface area (Å²) in [5.74, 6) is -0.475. The molecule has 1 aliphatic heterocycles. The van der Waals surface area contributed by atoms with Crippen LogP contribution in [0, 0.1) is 17.8 Å². The van der Waals surface area contributed by atoms with Gasteiger partial charge in [-0.25, -0.2) is 4.79 Å². The fourth-order valence-corrected chi connectivity index (χ4v) is 3.08. The molecule has 0 radical (unpaired) electrons. The average Bonchev–Trinajstić information content (AvgIpc) is 2.92. The summed E-state index contributed by atoms with van der Waals surface area (Å²) in [4.78, 5) is 22.8. The summed E-state index contributed by atoms with van der Waals surface area (Å²) in [7, 11) is 0. The summed E-state index contributed by atoms with van der Waals surface area (Å²) in [5.41, 5.74) is 0. The predicted octanol–water partition coefficient (Wildman–Crippen LogP) is 1.21. The number of nitrogens with one attached hydrogen (secondary N) is 2. The van der Waals surface area contributed by atoms with Crippen molar-refractivity contribution >= 4 is 12.0 Å². The summed E-state index contributed by atoms with van der Waals surface area (Å²) in [6.45, 7) is 2.67. The number of carboxylic acids is 1. The molecule has 0 aromatic heterocycles. The van der Waals surface area contributed by atoms with E-state index in [1.165, 1.54) is 0 Å². The van der Waals surface area contributed by atoms with E-state index in [9.17, 15) is 9.59 Å². The minimum atomic E-state index is -0.739. The number of urea groups is 1. The second-order valence-electron chi connectivity index (χ2n) is 5.78. The monoisotopic (exact) mass is 284 g/mol. The first kappa shape index (κ1) is 15.1. The summed E-state index contributed by atoms with van der Waals surface area (Å²) in [5, 5.41) is 14.8. The Morgan fingerprint density at radius 1 is 1.05 bits per heavy atom. The van der Waals surface area contributed by atoms with Crippen molar-refractivity contribution in [2.24, 2.45) is 17.8 Å². The van der Waals surface area contributed by atoms with Crippen LogP contribution in [0.3, 0.4) is 0 Å². The maximum Gasteiger partial charge on any atom is 0.314 e. The number of carbonyl (C=O) groups is 2. The minimum Gasteiger partial charge on any atom is -0.481 e. The highest BCUT2D eigenvalue weighted by molar-refractivity contribution is 5.74. The number of ether oxygens (including phenoxy) is 1. The molecule has 1 saturated heterocycles. The van der Waals surface area contributed by atoms with E-state index in [0.29, 0.717) is 19.0 Å². The van der Waals surface area contributed by atoms with Crippen molar-refractivity contribution in [2.75, 3.05) is 26.3 Å². The van der Waals surface area contributed by atoms with Gasteiger partial charge in [0.1, 0.15) is 0 Å². The van der Waals surface area contributed by atoms with Crippen LogP contribution in [0.1, 0.15) is 32.1 Å². The van der Waals surface area contributed by atoms with Gasteiger partial charge in [0.05, 0.1) is 5.92 Å². The topological polar surface area (TPSA) is 87.7 Å². The third kappa shape index (κ3) is 4.37. The predicted molar refractivity (Wildman–Crippen MR) is 73.4 cm³/mol. The summed E-state index contributed by atoms with van der Waals surface area (Å²) in [6.07, 6.45) is 4.53. The van der Waals surface area contributed by atoms with Crippen molar-refractivity contribution in [2.45, 2.75) is 32.1 Å². The molecular weight excluding hydrogens is 260 g/mol. The smallest absolute Gasteiger partial charge is 0.314 e. The number of hydrogen-bond acceptors (Lipinski definition) is 3. The Morgan fingerprint density at radius 3 is 2.45 bits per heavy atom. The molecule has 0 aromatic carbocycles. The van der Waals surface area contributed by atoms with E-state index < -0.39 is 5.97 Å². The Labute approximate surface area is 119 Å². The molecular formula is C14H24N2O4. The molecule has 6 nitrogen and oxygen atoms in total. The van der Waals surface area contributed by atoms with Crippen molar-refractivity contribution in [3.8, 4) is 0 Å². The number of hydrogen-bond donors (Lipinski definition) is 3. The standard InChI is InChI=1S/C14H24N2O4/c17-13(18)12-3-1-2-11(12)9-16-14(19)15-8-10-4-6-20-7-5-10/h10-12H,1-9H2,(H,17,18)(H2,15,16,19). The zero-order valence-electron chi connectivity index (χ0n) is 11.8. The van der Waals surface area contributed by atoms with E-state index in [1.54, 1.807) is 0 Å². The Hall–Kier alpha value is -1.30. The fraction of sp³-hybridized carbons (Fsp3) is 0.857. The molecule has 1 saturated carbocycles. The van der Waals surface area contributed by atoms with Crippen LogP contribution in [0.2, 0.25) is 0 Å². The quantitative estimate of drug-likeness (QED) is 0.708. The van der Waals surface area contributed by atoms with E-state index in [0.717, 1.165) is 45.3 Å². The average molecular weight is 284 g/mol. The van der Waals surface area contributed by atoms with E-state index in [2.05, 4.69) is 10.6 Å². The molecule has 2 aliphatic rings. The van der Waals surface area contributed by atoms with Gasteiger partial charge in [-0.2, -0.15) is 0 Å². The number of rotatable bonds is 5. The molecule has 0 aromatic rings. The molecule has 0 bridgehead atoms. The van der Waals surface area contributed by atoms with Gasteiger partial charge in [-0.1, -0.05) is 6.42 Å². The van der Waals surface area contributed by atoms with Crippen molar-refractivity contribution in [3.05, 3.63) is 0 Å². The van der Waals surface area contributed by atoms with Gasteiger partial charge in [-0.05, 0) is 37.5 Å². The molecule has 20 heavy (non-hydrogen) atoms. The van der Waals surface area contributed by atoms with Gasteiger partial charge in [-0.15, -0.1) is 0 Å². The number of carbonyl (C=O) groups excluding carboxylic acids is 1. The molecule has 2 fully saturated rings. The molecule has 114 valence electrons. The Morgan fingerprint density at radius 2 is 1.75 bits per heavy atom. The van der Waals surface area contributed by atoms with Gasteiger partial charge in [0.15, 0.2) is 0 Å². The lowest BCUT2D eigenvalue weighted by Gasteiger charge is -2.22. The first-order chi connectivity index (χ1) is 9.66. The van der Waals surface area contributed by atoms with Crippen molar-refractivity contribution in [1.29, 1.82) is 0 Å². The SMILES string of the molecule is O=C(NCC1CCOCC1)NCC1CCCC1C(=O)O. The maximum absolute atomic E-state index is 11.7. The van der Waals surface area contributed by atoms with Crippen LogP contribution in [0.4, 0.5) is 4.79 Å². The van der Waals surface area contributed by atoms with Crippen molar-refractivity contribution in [1.82, 2.24) is 10.6 Å². The van der Waals surface area contributed by atoms with Gasteiger partial charge in [0, 0.05) is 26.3 Å². The summed E-state index contributed by atoms with van der Waals surface area (Å²) >= 11 is 0. The lowest BCUT2D eigenvalue weighted by atomic mass is 9.96. The van der Waals surface area contributed by atoms with Gasteiger partial charge in [-0.3, -0.25) is 4.79 Å². The van der Waals surface area contributed by atoms with Crippen molar-refractivity contribution in [3.63, 3.8) is 0 Å². The second kappa shape index (κ2) is 7.47. The Balaban J connectivity index is 1.63. The van der Waals surface area contributed by atoms with Crippen LogP contribution in [-0.4, -0.2) is 43.4 Å². The zero-order valence-corrected chi connectivity index (χ0v) is 11.8. The maximum atomic E-state index is 11.7. The first-order valence-corrected chi connectivity index (χ1v) is 7.49. The van der Waals surface area contributed by atoms with Crippen LogP contribution in [0.5, 0.6) is 0 Å². The fourth-order valence-electron chi connectivity index (χ4n) is 3.08. The molecule has 2 atom stereocenters. The van der Waals surface area contributed by atoms with Crippen LogP contribution in [0.25, 0.3) is 0 Å². The van der Waals surface area contributed by atoms with Crippen LogP contribution < -0.4 is 10.6 Å². The van der Waals surface area contributed by atoms with Gasteiger partial charge in [0.2, 0.25) is 0 Å². The van der Waals surface area contributed by atoms with Gasteiger partial charge >= 0.3 is 12.0 Å². The zero-order chi connectivity index (χ0) is 14.4. The largest absolute Gasteiger partial charge is 0.481 e. The lowest BCUT2D eigenvalue weighted by molar-refractivity contribution is -0.142. The highest BCUT2D eigenvalue weighted by Gasteiger charge is 2.32. The van der Waals surface area contributed by atoms with E-state index >= 15 is 0 Å². The van der Waals surface area contributed by atoms with E-state index in [1.807, 2.05) is 0 Å². The molecule has 0 spiro atoms. The molecule has 2 amide bonds. The minimum absolute atomic E-state index is 0.0707.